The van der Waals surface area contributed by atoms with Crippen molar-refractivity contribution in [1.82, 2.24) is 5.32 Å². The molecule has 0 heterocycles. The molecule has 0 saturated carbocycles. The Morgan fingerprint density at radius 2 is 0.697 bits per heavy atom. The van der Waals surface area contributed by atoms with Crippen LogP contribution in [0.2, 0.25) is 0 Å². The fraction of sp³-hybridized carbons (Fsp3) is 0.713. The zero-order chi connectivity index (χ0) is 64.8. The van der Waals surface area contributed by atoms with Gasteiger partial charge in [-0.2, -0.15) is 0 Å². The average Bonchev–Trinajstić information content (AvgIpc) is 3.64. The fourth-order valence-electron chi connectivity index (χ4n) is 10.4. The number of carbonyl (C=O) groups excluding carboxylic acids is 1. The number of unbranched alkanes of at least 4 members (excludes halogenated alkanes) is 34. The van der Waals surface area contributed by atoms with Gasteiger partial charge >= 0.3 is 0 Å². The molecular formula is C80H141N2O6P. The topological polar surface area (TPSA) is 108 Å². The number of hydrogen-bond donors (Lipinski definition) is 2. The number of likely N-dealkylation sites (N-methyl/N-ethyl adjacent to an activating group) is 1. The molecule has 0 radical (unpaired) electrons. The van der Waals surface area contributed by atoms with Crippen LogP contribution < -0.4 is 10.2 Å². The van der Waals surface area contributed by atoms with Gasteiger partial charge in [0.2, 0.25) is 5.91 Å². The maximum atomic E-state index is 13.0. The monoisotopic (exact) mass is 1260 g/mol. The summed E-state index contributed by atoms with van der Waals surface area (Å²) in [5.74, 6) is -0.221. The first-order valence-electron chi connectivity index (χ1n) is 37.0. The maximum Gasteiger partial charge on any atom is 0.268 e. The first-order chi connectivity index (χ1) is 43.5. The van der Waals surface area contributed by atoms with Crippen molar-refractivity contribution in [2.24, 2.45) is 0 Å². The number of aliphatic hydroxyl groups is 1. The number of rotatable bonds is 67. The highest BCUT2D eigenvalue weighted by atomic mass is 31.2. The number of nitrogens with one attached hydrogen (secondary N) is 1. The Bertz CT molecular complexity index is 1920. The van der Waals surface area contributed by atoms with E-state index in [9.17, 15) is 19.4 Å². The van der Waals surface area contributed by atoms with Crippen LogP contribution >= 0.6 is 7.82 Å². The molecule has 0 fully saturated rings. The van der Waals surface area contributed by atoms with Crippen molar-refractivity contribution >= 4 is 13.7 Å². The van der Waals surface area contributed by atoms with Crippen molar-refractivity contribution in [2.75, 3.05) is 40.9 Å². The van der Waals surface area contributed by atoms with Gasteiger partial charge in [0.15, 0.2) is 0 Å². The number of amides is 1. The lowest BCUT2D eigenvalue weighted by molar-refractivity contribution is -0.870. The minimum Gasteiger partial charge on any atom is -0.756 e. The van der Waals surface area contributed by atoms with Gasteiger partial charge in [0.05, 0.1) is 39.9 Å². The van der Waals surface area contributed by atoms with Crippen LogP contribution in [0.15, 0.2) is 134 Å². The molecule has 0 rings (SSSR count). The van der Waals surface area contributed by atoms with Crippen molar-refractivity contribution in [3.63, 3.8) is 0 Å². The third-order valence-corrected chi connectivity index (χ3v) is 17.1. The van der Waals surface area contributed by atoms with Crippen LogP contribution in [0, 0.1) is 0 Å². The van der Waals surface area contributed by atoms with Gasteiger partial charge < -0.3 is 28.8 Å². The maximum absolute atomic E-state index is 13.0. The van der Waals surface area contributed by atoms with Crippen molar-refractivity contribution < 1.29 is 32.9 Å². The molecule has 0 spiro atoms. The molecule has 3 atom stereocenters. The van der Waals surface area contributed by atoms with Crippen LogP contribution in [0.25, 0.3) is 0 Å². The van der Waals surface area contributed by atoms with Gasteiger partial charge in [-0.05, 0) is 103 Å². The number of phosphoric ester groups is 1. The molecule has 0 aliphatic heterocycles. The summed E-state index contributed by atoms with van der Waals surface area (Å²) in [5.41, 5.74) is 0. The number of phosphoric acid groups is 1. The van der Waals surface area contributed by atoms with E-state index < -0.39 is 26.6 Å². The Balaban J connectivity index is 4.16. The molecule has 0 aromatic carbocycles. The number of aliphatic hydroxyl groups excluding tert-OH is 1. The molecular weight excluding hydrogens is 1120 g/mol. The highest BCUT2D eigenvalue weighted by Crippen LogP contribution is 2.38. The normalized spacial score (nSPS) is 14.4. The lowest BCUT2D eigenvalue weighted by atomic mass is 10.0. The van der Waals surface area contributed by atoms with E-state index in [2.05, 4.69) is 141 Å². The van der Waals surface area contributed by atoms with Gasteiger partial charge in [-0.1, -0.05) is 340 Å². The Morgan fingerprint density at radius 1 is 0.404 bits per heavy atom. The van der Waals surface area contributed by atoms with E-state index in [-0.39, 0.29) is 12.5 Å². The smallest absolute Gasteiger partial charge is 0.268 e. The van der Waals surface area contributed by atoms with E-state index in [1.165, 1.54) is 186 Å². The van der Waals surface area contributed by atoms with E-state index in [1.807, 2.05) is 27.2 Å². The lowest BCUT2D eigenvalue weighted by Crippen LogP contribution is -2.45. The lowest BCUT2D eigenvalue weighted by Gasteiger charge is -2.29. The molecule has 0 saturated heterocycles. The molecule has 0 aliphatic rings. The summed E-state index contributed by atoms with van der Waals surface area (Å²) in [6.07, 6.45) is 104. The van der Waals surface area contributed by atoms with Crippen LogP contribution in [0.1, 0.15) is 316 Å². The molecule has 3 unspecified atom stereocenters. The summed E-state index contributed by atoms with van der Waals surface area (Å²) in [6.45, 7) is 4.52. The van der Waals surface area contributed by atoms with E-state index >= 15 is 0 Å². The Hall–Kier alpha value is -3.36. The predicted molar refractivity (Wildman–Crippen MR) is 389 cm³/mol. The number of carbonyl (C=O) groups is 1. The second kappa shape index (κ2) is 69.0. The van der Waals surface area contributed by atoms with Gasteiger partial charge in [-0.25, -0.2) is 0 Å². The number of hydrogen-bond acceptors (Lipinski definition) is 6. The van der Waals surface area contributed by atoms with Crippen LogP contribution in [-0.4, -0.2) is 68.5 Å². The SMILES string of the molecule is CC/C=C\C/C=C\C/C=C\C/C=C\C/C=C\C/C=C\C/C=C\C/C=C\C/C=C\CCCCCCCCCC(=O)NC(COP(=O)([O-])OCC[N+](C)(C)C)C(O)/C=C/CC/C=C/CCCCCCCCCCCCCCCCCCCCCCCCCCCC. The summed E-state index contributed by atoms with van der Waals surface area (Å²) >= 11 is 0. The van der Waals surface area contributed by atoms with Crippen LogP contribution in [0.4, 0.5) is 0 Å². The van der Waals surface area contributed by atoms with E-state index in [1.54, 1.807) is 6.08 Å². The van der Waals surface area contributed by atoms with Gasteiger partial charge in [0, 0.05) is 6.42 Å². The molecule has 512 valence electrons. The second-order valence-corrected chi connectivity index (χ2v) is 27.3. The Labute approximate surface area is 551 Å². The zero-order valence-electron chi connectivity index (χ0n) is 58.6. The van der Waals surface area contributed by atoms with E-state index in [0.717, 1.165) is 109 Å². The van der Waals surface area contributed by atoms with Gasteiger partial charge in [-0.15, -0.1) is 0 Å². The summed E-state index contributed by atoms with van der Waals surface area (Å²) in [7, 11) is 1.22. The number of nitrogens with zero attached hydrogens (tertiary/aromatic N) is 1. The first-order valence-corrected chi connectivity index (χ1v) is 38.5. The Kier molecular flexibility index (Phi) is 66.4. The highest BCUT2D eigenvalue weighted by molar-refractivity contribution is 7.45. The standard InChI is InChI=1S/C80H141N2O6P/c1-6-8-10-12-14-16-18-20-22-24-26-28-30-32-34-36-38-40-41-42-44-46-48-50-52-54-56-58-60-62-64-66-68-70-72-74-80(84)81-78(77-88-89(85,86)87-76-75-82(3,4)5)79(83)73-71-69-67-65-63-61-59-57-55-53-51-49-47-45-43-39-37-35-33-31-29-27-25-23-21-19-17-15-13-11-9-7-2/h8,10,14,16,20,22,26,28,32,34,38,40,42,44,48,50,54,56,63,65,71,73,78-79,83H,6-7,9,11-13,15,17-19,21,23-25,27,29-31,33,35-37,39,41,43,45-47,49,51-53,55,57-62,64,66-70,72,74-77H2,1-5H3,(H-,81,84,85,86)/b10-8-,16-14-,22-20-,28-26-,34-32-,40-38-,44-42-,50-48-,56-54-,65-63+,73-71+. The molecule has 9 heteroatoms. The highest BCUT2D eigenvalue weighted by Gasteiger charge is 2.23. The van der Waals surface area contributed by atoms with Crippen molar-refractivity contribution in [2.45, 2.75) is 328 Å². The van der Waals surface area contributed by atoms with Crippen LogP contribution in [0.3, 0.4) is 0 Å². The summed E-state index contributed by atoms with van der Waals surface area (Å²) in [5, 5.41) is 14.0. The molecule has 0 aromatic heterocycles. The van der Waals surface area contributed by atoms with Crippen molar-refractivity contribution in [3.05, 3.63) is 134 Å². The molecule has 8 nitrogen and oxygen atoms in total. The average molecular weight is 1260 g/mol. The van der Waals surface area contributed by atoms with Gasteiger partial charge in [0.25, 0.3) is 7.82 Å². The molecule has 89 heavy (non-hydrogen) atoms. The zero-order valence-corrected chi connectivity index (χ0v) is 59.5. The summed E-state index contributed by atoms with van der Waals surface area (Å²) in [4.78, 5) is 25.7. The molecule has 2 N–H and O–H groups in total. The third kappa shape index (κ3) is 71.9. The molecule has 0 aliphatic carbocycles. The number of allylic oxidation sites excluding steroid dienone is 21. The minimum absolute atomic E-state index is 0.0152. The third-order valence-electron chi connectivity index (χ3n) is 16.1. The van der Waals surface area contributed by atoms with Crippen LogP contribution in [-0.2, 0) is 18.4 Å². The van der Waals surface area contributed by atoms with Crippen molar-refractivity contribution in [3.8, 4) is 0 Å². The summed E-state index contributed by atoms with van der Waals surface area (Å²) < 4.78 is 23.5. The van der Waals surface area contributed by atoms with Gasteiger partial charge in [-0.3, -0.25) is 9.36 Å². The molecule has 0 bridgehead atoms. The Morgan fingerprint density at radius 3 is 1.04 bits per heavy atom. The quantitative estimate of drug-likeness (QED) is 0.0272. The van der Waals surface area contributed by atoms with E-state index in [0.29, 0.717) is 17.4 Å². The number of quaternary nitrogens is 1. The predicted octanol–water partition coefficient (Wildman–Crippen LogP) is 23.5. The fourth-order valence-corrected chi connectivity index (χ4v) is 11.1. The first kappa shape index (κ1) is 85.6. The van der Waals surface area contributed by atoms with Gasteiger partial charge in [0.1, 0.15) is 13.2 Å². The van der Waals surface area contributed by atoms with E-state index in [4.69, 9.17) is 9.05 Å². The molecule has 0 aromatic rings. The minimum atomic E-state index is -4.63. The largest absolute Gasteiger partial charge is 0.756 e. The van der Waals surface area contributed by atoms with Crippen LogP contribution in [0.5, 0.6) is 0 Å². The van der Waals surface area contributed by atoms with Crippen molar-refractivity contribution in [1.29, 1.82) is 0 Å². The summed E-state index contributed by atoms with van der Waals surface area (Å²) in [6, 6.07) is -0.922. The molecule has 1 amide bonds. The second-order valence-electron chi connectivity index (χ2n) is 25.9.